The highest BCUT2D eigenvalue weighted by Crippen LogP contribution is 2.21. The summed E-state index contributed by atoms with van der Waals surface area (Å²) in [6, 6.07) is 13.5. The number of rotatable bonds is 3. The first-order valence-corrected chi connectivity index (χ1v) is 7.26. The first-order chi connectivity index (χ1) is 10.8. The molecule has 0 radical (unpaired) electrons. The van der Waals surface area contributed by atoms with Crippen molar-refractivity contribution in [3.8, 4) is 0 Å². The topological polar surface area (TPSA) is 81.4 Å². The molecule has 23 heavy (non-hydrogen) atoms. The van der Waals surface area contributed by atoms with Crippen molar-refractivity contribution < 1.29 is 14.3 Å². The van der Waals surface area contributed by atoms with Gasteiger partial charge in [0.15, 0.2) is 0 Å². The number of benzene rings is 2. The van der Waals surface area contributed by atoms with Gasteiger partial charge in [-0.05, 0) is 45.0 Å². The van der Waals surface area contributed by atoms with Crippen molar-refractivity contribution in [2.75, 3.05) is 11.1 Å². The standard InChI is InChI=1S/C18H20N2O3/c1-18(2,3)23-17(22)13-9-5-7-11-15(13)20-16(21)12-8-4-6-10-14(12)19/h4-11H,19H2,1-3H3,(H,20,21). The number of nitrogens with two attached hydrogens (primary N) is 1. The van der Waals surface area contributed by atoms with Gasteiger partial charge in [0.2, 0.25) is 0 Å². The van der Waals surface area contributed by atoms with E-state index in [1.54, 1.807) is 69.3 Å². The van der Waals surface area contributed by atoms with Crippen LogP contribution in [0.2, 0.25) is 0 Å². The van der Waals surface area contributed by atoms with E-state index in [0.29, 0.717) is 22.5 Å². The van der Waals surface area contributed by atoms with Gasteiger partial charge in [-0.2, -0.15) is 0 Å². The van der Waals surface area contributed by atoms with Gasteiger partial charge < -0.3 is 15.8 Å². The summed E-state index contributed by atoms with van der Waals surface area (Å²) in [7, 11) is 0. The van der Waals surface area contributed by atoms with Gasteiger partial charge in [0.25, 0.3) is 5.91 Å². The third-order valence-corrected chi connectivity index (χ3v) is 3.00. The Balaban J connectivity index is 2.26. The maximum atomic E-state index is 12.4. The molecule has 120 valence electrons. The fourth-order valence-electron chi connectivity index (χ4n) is 2.00. The molecule has 0 saturated heterocycles. The molecule has 0 saturated carbocycles. The van der Waals surface area contributed by atoms with E-state index < -0.39 is 11.6 Å². The van der Waals surface area contributed by atoms with Crippen LogP contribution in [0.3, 0.4) is 0 Å². The van der Waals surface area contributed by atoms with Crippen LogP contribution in [0.1, 0.15) is 41.5 Å². The Morgan fingerprint density at radius 2 is 1.52 bits per heavy atom. The van der Waals surface area contributed by atoms with E-state index in [9.17, 15) is 9.59 Å². The summed E-state index contributed by atoms with van der Waals surface area (Å²) in [4.78, 5) is 24.6. The lowest BCUT2D eigenvalue weighted by atomic mass is 10.1. The Morgan fingerprint density at radius 3 is 2.13 bits per heavy atom. The lowest BCUT2D eigenvalue weighted by Crippen LogP contribution is -2.25. The molecular formula is C18H20N2O3. The molecule has 0 atom stereocenters. The van der Waals surface area contributed by atoms with Crippen LogP contribution in [0.15, 0.2) is 48.5 Å². The number of nitrogen functional groups attached to an aromatic ring is 1. The Hall–Kier alpha value is -2.82. The third-order valence-electron chi connectivity index (χ3n) is 3.00. The molecular weight excluding hydrogens is 292 g/mol. The first kappa shape index (κ1) is 16.5. The summed E-state index contributed by atoms with van der Waals surface area (Å²) in [5, 5.41) is 2.71. The number of hydrogen-bond donors (Lipinski definition) is 2. The minimum atomic E-state index is -0.613. The Bertz CT molecular complexity index is 733. The molecule has 0 heterocycles. The van der Waals surface area contributed by atoms with Crippen molar-refractivity contribution >= 4 is 23.3 Å². The number of para-hydroxylation sites is 2. The zero-order valence-electron chi connectivity index (χ0n) is 13.4. The summed E-state index contributed by atoms with van der Waals surface area (Å²) in [6.07, 6.45) is 0. The summed E-state index contributed by atoms with van der Waals surface area (Å²) >= 11 is 0. The van der Waals surface area contributed by atoms with Crippen molar-refractivity contribution in [3.63, 3.8) is 0 Å². The van der Waals surface area contributed by atoms with E-state index in [1.165, 1.54) is 0 Å². The van der Waals surface area contributed by atoms with Gasteiger partial charge in [0, 0.05) is 5.69 Å². The second-order valence-electron chi connectivity index (χ2n) is 6.09. The number of carbonyl (C=O) groups is 2. The van der Waals surface area contributed by atoms with Crippen molar-refractivity contribution in [2.24, 2.45) is 0 Å². The first-order valence-electron chi connectivity index (χ1n) is 7.26. The molecule has 0 fully saturated rings. The molecule has 5 heteroatoms. The van der Waals surface area contributed by atoms with Gasteiger partial charge in [0.05, 0.1) is 16.8 Å². The summed E-state index contributed by atoms with van der Waals surface area (Å²) in [5.74, 6) is -0.867. The van der Waals surface area contributed by atoms with Crippen LogP contribution in [0.4, 0.5) is 11.4 Å². The average molecular weight is 312 g/mol. The SMILES string of the molecule is CC(C)(C)OC(=O)c1ccccc1NC(=O)c1ccccc1N. The van der Waals surface area contributed by atoms with Crippen LogP contribution in [0, 0.1) is 0 Å². The lowest BCUT2D eigenvalue weighted by Gasteiger charge is -2.20. The van der Waals surface area contributed by atoms with Gasteiger partial charge in [-0.25, -0.2) is 4.79 Å². The Morgan fingerprint density at radius 1 is 0.957 bits per heavy atom. The normalized spacial score (nSPS) is 10.9. The van der Waals surface area contributed by atoms with Gasteiger partial charge >= 0.3 is 5.97 Å². The monoisotopic (exact) mass is 312 g/mol. The van der Waals surface area contributed by atoms with E-state index in [0.717, 1.165) is 0 Å². The molecule has 0 aliphatic heterocycles. The molecule has 5 nitrogen and oxygen atoms in total. The number of carbonyl (C=O) groups excluding carboxylic acids is 2. The lowest BCUT2D eigenvalue weighted by molar-refractivity contribution is 0.00708. The number of esters is 1. The summed E-state index contributed by atoms with van der Waals surface area (Å²) < 4.78 is 5.36. The average Bonchev–Trinajstić information content (AvgIpc) is 2.46. The second-order valence-corrected chi connectivity index (χ2v) is 6.09. The second kappa shape index (κ2) is 6.52. The van der Waals surface area contributed by atoms with Gasteiger partial charge in [-0.1, -0.05) is 24.3 Å². The maximum absolute atomic E-state index is 12.4. The highest BCUT2D eigenvalue weighted by atomic mass is 16.6. The third kappa shape index (κ3) is 4.32. The Labute approximate surface area is 135 Å². The van der Waals surface area contributed by atoms with Gasteiger partial charge in [-0.15, -0.1) is 0 Å². The fraction of sp³-hybridized carbons (Fsp3) is 0.222. The smallest absolute Gasteiger partial charge is 0.340 e. The molecule has 0 aliphatic carbocycles. The molecule has 2 aromatic rings. The number of nitrogens with one attached hydrogen (secondary N) is 1. The van der Waals surface area contributed by atoms with Crippen molar-refractivity contribution in [2.45, 2.75) is 26.4 Å². The van der Waals surface area contributed by atoms with Crippen LogP contribution in [-0.4, -0.2) is 17.5 Å². The van der Waals surface area contributed by atoms with E-state index >= 15 is 0 Å². The van der Waals surface area contributed by atoms with Crippen LogP contribution in [-0.2, 0) is 4.74 Å². The number of hydrogen-bond acceptors (Lipinski definition) is 4. The Kier molecular flexibility index (Phi) is 4.69. The van der Waals surface area contributed by atoms with E-state index in [4.69, 9.17) is 10.5 Å². The minimum absolute atomic E-state index is 0.297. The number of amides is 1. The highest BCUT2D eigenvalue weighted by Gasteiger charge is 2.21. The maximum Gasteiger partial charge on any atom is 0.340 e. The molecule has 2 aromatic carbocycles. The van der Waals surface area contributed by atoms with E-state index in [2.05, 4.69) is 5.32 Å². The van der Waals surface area contributed by atoms with E-state index in [1.807, 2.05) is 0 Å². The zero-order valence-corrected chi connectivity index (χ0v) is 13.4. The number of ether oxygens (including phenoxy) is 1. The molecule has 3 N–H and O–H groups in total. The largest absolute Gasteiger partial charge is 0.456 e. The highest BCUT2D eigenvalue weighted by molar-refractivity contribution is 6.10. The zero-order chi connectivity index (χ0) is 17.0. The van der Waals surface area contributed by atoms with Crippen LogP contribution in [0.25, 0.3) is 0 Å². The summed E-state index contributed by atoms with van der Waals surface area (Å²) in [6.45, 7) is 5.37. The molecule has 0 aromatic heterocycles. The minimum Gasteiger partial charge on any atom is -0.456 e. The van der Waals surface area contributed by atoms with Gasteiger partial charge in [0.1, 0.15) is 5.60 Å². The number of anilines is 2. The molecule has 0 unspecified atom stereocenters. The quantitative estimate of drug-likeness (QED) is 0.671. The summed E-state index contributed by atoms with van der Waals surface area (Å²) in [5.41, 5.74) is 6.60. The predicted molar refractivity (Wildman–Crippen MR) is 90.4 cm³/mol. The molecule has 2 rings (SSSR count). The van der Waals surface area contributed by atoms with Crippen molar-refractivity contribution in [1.82, 2.24) is 0 Å². The van der Waals surface area contributed by atoms with E-state index in [-0.39, 0.29) is 5.91 Å². The molecule has 0 aliphatic rings. The predicted octanol–water partition coefficient (Wildman–Crippen LogP) is 3.48. The molecule has 0 spiro atoms. The van der Waals surface area contributed by atoms with Crippen LogP contribution in [0.5, 0.6) is 0 Å². The molecule has 1 amide bonds. The van der Waals surface area contributed by atoms with Gasteiger partial charge in [-0.3, -0.25) is 4.79 Å². The molecule has 0 bridgehead atoms. The van der Waals surface area contributed by atoms with Crippen molar-refractivity contribution in [3.05, 3.63) is 59.7 Å². The van der Waals surface area contributed by atoms with Crippen LogP contribution >= 0.6 is 0 Å². The van der Waals surface area contributed by atoms with Crippen molar-refractivity contribution in [1.29, 1.82) is 0 Å². The van der Waals surface area contributed by atoms with Crippen LogP contribution < -0.4 is 11.1 Å². The fourth-order valence-corrected chi connectivity index (χ4v) is 2.00.